The van der Waals surface area contributed by atoms with Crippen LogP contribution in [0.15, 0.2) is 28.7 Å². The van der Waals surface area contributed by atoms with Crippen molar-refractivity contribution in [1.82, 2.24) is 4.90 Å². The third-order valence-corrected chi connectivity index (χ3v) is 4.06. The van der Waals surface area contributed by atoms with Crippen LogP contribution in [0.2, 0.25) is 0 Å². The second kappa shape index (κ2) is 6.42. The lowest BCUT2D eigenvalue weighted by atomic mass is 9.92. The van der Waals surface area contributed by atoms with Crippen molar-refractivity contribution in [3.63, 3.8) is 0 Å². The summed E-state index contributed by atoms with van der Waals surface area (Å²) in [5, 5.41) is 0. The highest BCUT2D eigenvalue weighted by molar-refractivity contribution is 9.10. The summed E-state index contributed by atoms with van der Waals surface area (Å²) in [6.45, 7) is 6.21. The molecule has 0 spiro atoms. The molecule has 1 aromatic rings. The molecule has 2 unspecified atom stereocenters. The molecule has 0 N–H and O–H groups in total. The number of carbonyl (C=O) groups is 1. The number of piperidine rings is 1. The van der Waals surface area contributed by atoms with Crippen molar-refractivity contribution in [2.45, 2.75) is 20.3 Å². The molecule has 19 heavy (non-hydrogen) atoms. The van der Waals surface area contributed by atoms with E-state index >= 15 is 0 Å². The van der Waals surface area contributed by atoms with E-state index in [1.807, 2.05) is 29.2 Å². The second-order valence-corrected chi connectivity index (χ2v) is 6.32. The van der Waals surface area contributed by atoms with E-state index in [0.29, 0.717) is 17.6 Å². The van der Waals surface area contributed by atoms with Crippen molar-refractivity contribution in [2.24, 2.45) is 11.8 Å². The molecule has 2 rings (SSSR count). The number of nitrogens with zero attached hydrogens (tertiary/aromatic N) is 1. The lowest BCUT2D eigenvalue weighted by molar-refractivity contribution is -0.136. The first kappa shape index (κ1) is 14.4. The van der Waals surface area contributed by atoms with Crippen LogP contribution in [0.1, 0.15) is 20.3 Å². The molecule has 104 valence electrons. The summed E-state index contributed by atoms with van der Waals surface area (Å²) in [4.78, 5) is 14.1. The van der Waals surface area contributed by atoms with Gasteiger partial charge in [0.25, 0.3) is 5.91 Å². The zero-order chi connectivity index (χ0) is 13.8. The Labute approximate surface area is 123 Å². The largest absolute Gasteiger partial charge is 0.483 e. The number of benzene rings is 1. The Bertz CT molecular complexity index is 440. The van der Waals surface area contributed by atoms with Crippen molar-refractivity contribution in [3.05, 3.63) is 28.7 Å². The minimum Gasteiger partial charge on any atom is -0.483 e. The predicted molar refractivity (Wildman–Crippen MR) is 79.2 cm³/mol. The highest BCUT2D eigenvalue weighted by Crippen LogP contribution is 2.24. The first-order chi connectivity index (χ1) is 9.06. The van der Waals surface area contributed by atoms with Gasteiger partial charge in [-0.05, 0) is 46.3 Å². The van der Waals surface area contributed by atoms with Gasteiger partial charge in [-0.15, -0.1) is 0 Å². The van der Waals surface area contributed by atoms with Crippen molar-refractivity contribution >= 4 is 21.8 Å². The summed E-state index contributed by atoms with van der Waals surface area (Å²) in [7, 11) is 0. The summed E-state index contributed by atoms with van der Waals surface area (Å²) < 4.78 is 6.46. The van der Waals surface area contributed by atoms with Crippen LogP contribution in [0.4, 0.5) is 0 Å². The molecule has 1 fully saturated rings. The quantitative estimate of drug-likeness (QED) is 0.853. The number of rotatable bonds is 3. The molecule has 0 saturated carbocycles. The zero-order valence-electron chi connectivity index (χ0n) is 11.4. The van der Waals surface area contributed by atoms with Gasteiger partial charge < -0.3 is 9.64 Å². The van der Waals surface area contributed by atoms with Gasteiger partial charge >= 0.3 is 0 Å². The summed E-state index contributed by atoms with van der Waals surface area (Å²) in [6.07, 6.45) is 1.20. The molecule has 0 bridgehead atoms. The van der Waals surface area contributed by atoms with Crippen LogP contribution in [-0.2, 0) is 4.79 Å². The van der Waals surface area contributed by atoms with E-state index in [1.165, 1.54) is 6.42 Å². The van der Waals surface area contributed by atoms with Gasteiger partial charge in [-0.1, -0.05) is 26.0 Å². The average Bonchev–Trinajstić information content (AvgIpc) is 2.36. The van der Waals surface area contributed by atoms with Crippen LogP contribution >= 0.6 is 15.9 Å². The molecule has 1 saturated heterocycles. The number of carbonyl (C=O) groups excluding carboxylic acids is 1. The van der Waals surface area contributed by atoms with Gasteiger partial charge in [0.2, 0.25) is 0 Å². The lowest BCUT2D eigenvalue weighted by Gasteiger charge is -2.34. The van der Waals surface area contributed by atoms with Crippen molar-refractivity contribution in [2.75, 3.05) is 19.7 Å². The summed E-state index contributed by atoms with van der Waals surface area (Å²) in [5.41, 5.74) is 0. The smallest absolute Gasteiger partial charge is 0.260 e. The Morgan fingerprint density at radius 1 is 1.32 bits per heavy atom. The number of hydrogen-bond donors (Lipinski definition) is 0. The number of amides is 1. The highest BCUT2D eigenvalue weighted by Gasteiger charge is 2.25. The number of para-hydroxylation sites is 1. The minimum absolute atomic E-state index is 0.0779. The Morgan fingerprint density at radius 3 is 2.58 bits per heavy atom. The molecule has 0 radical (unpaired) electrons. The Kier molecular flexibility index (Phi) is 4.86. The SMILES string of the molecule is CC1CC(C)CN(C(=O)COc2ccccc2Br)C1. The lowest BCUT2D eigenvalue weighted by Crippen LogP contribution is -2.44. The maximum atomic E-state index is 12.2. The number of likely N-dealkylation sites (tertiary alicyclic amines) is 1. The van der Waals surface area contributed by atoms with E-state index in [0.717, 1.165) is 17.6 Å². The fraction of sp³-hybridized carbons (Fsp3) is 0.533. The van der Waals surface area contributed by atoms with Gasteiger partial charge in [-0.25, -0.2) is 0 Å². The Balaban J connectivity index is 1.89. The van der Waals surface area contributed by atoms with Gasteiger partial charge in [-0.3, -0.25) is 4.79 Å². The summed E-state index contributed by atoms with van der Waals surface area (Å²) in [6, 6.07) is 7.59. The molecule has 0 aliphatic carbocycles. The number of ether oxygens (including phenoxy) is 1. The highest BCUT2D eigenvalue weighted by atomic mass is 79.9. The van der Waals surface area contributed by atoms with E-state index in [-0.39, 0.29) is 12.5 Å². The van der Waals surface area contributed by atoms with Gasteiger partial charge in [0.1, 0.15) is 5.75 Å². The van der Waals surface area contributed by atoms with Gasteiger partial charge in [0.05, 0.1) is 4.47 Å². The third kappa shape index (κ3) is 3.96. The average molecular weight is 326 g/mol. The Morgan fingerprint density at radius 2 is 1.95 bits per heavy atom. The molecule has 4 heteroatoms. The summed E-state index contributed by atoms with van der Waals surface area (Å²) >= 11 is 3.41. The first-order valence-electron chi connectivity index (χ1n) is 6.71. The zero-order valence-corrected chi connectivity index (χ0v) is 13.0. The van der Waals surface area contributed by atoms with E-state index in [1.54, 1.807) is 0 Å². The number of halogens is 1. The molecule has 1 aromatic carbocycles. The molecule has 1 heterocycles. The molecule has 3 nitrogen and oxygen atoms in total. The van der Waals surface area contributed by atoms with Crippen LogP contribution in [-0.4, -0.2) is 30.5 Å². The maximum Gasteiger partial charge on any atom is 0.260 e. The molecule has 1 amide bonds. The van der Waals surface area contributed by atoms with Gasteiger partial charge in [0, 0.05) is 13.1 Å². The normalized spacial score (nSPS) is 23.2. The molecule has 1 aliphatic rings. The monoisotopic (exact) mass is 325 g/mol. The fourth-order valence-electron chi connectivity index (χ4n) is 2.66. The van der Waals surface area contributed by atoms with Crippen LogP contribution in [0.3, 0.4) is 0 Å². The second-order valence-electron chi connectivity index (χ2n) is 5.46. The van der Waals surface area contributed by atoms with Crippen LogP contribution in [0.25, 0.3) is 0 Å². The molecular formula is C15H20BrNO2. The van der Waals surface area contributed by atoms with E-state index in [4.69, 9.17) is 4.74 Å². The standard InChI is InChI=1S/C15H20BrNO2/c1-11-7-12(2)9-17(8-11)15(18)10-19-14-6-4-3-5-13(14)16/h3-6,11-12H,7-10H2,1-2H3. The predicted octanol–water partition coefficient (Wildman–Crippen LogP) is 3.33. The van der Waals surface area contributed by atoms with Crippen LogP contribution in [0, 0.1) is 11.8 Å². The first-order valence-corrected chi connectivity index (χ1v) is 7.50. The van der Waals surface area contributed by atoms with Crippen LogP contribution < -0.4 is 4.74 Å². The summed E-state index contributed by atoms with van der Waals surface area (Å²) in [5.74, 6) is 1.95. The third-order valence-electron chi connectivity index (χ3n) is 3.41. The van der Waals surface area contributed by atoms with Gasteiger partial charge in [0.15, 0.2) is 6.61 Å². The Hall–Kier alpha value is -1.03. The number of hydrogen-bond acceptors (Lipinski definition) is 2. The van der Waals surface area contributed by atoms with Gasteiger partial charge in [-0.2, -0.15) is 0 Å². The maximum absolute atomic E-state index is 12.2. The van der Waals surface area contributed by atoms with Crippen LogP contribution in [0.5, 0.6) is 5.75 Å². The van der Waals surface area contributed by atoms with E-state index in [2.05, 4.69) is 29.8 Å². The molecule has 2 atom stereocenters. The molecular weight excluding hydrogens is 306 g/mol. The topological polar surface area (TPSA) is 29.5 Å². The minimum atomic E-state index is 0.0779. The van der Waals surface area contributed by atoms with Crippen molar-refractivity contribution in [1.29, 1.82) is 0 Å². The van der Waals surface area contributed by atoms with Crippen molar-refractivity contribution < 1.29 is 9.53 Å². The van der Waals surface area contributed by atoms with E-state index in [9.17, 15) is 4.79 Å². The molecule has 0 aromatic heterocycles. The molecule has 1 aliphatic heterocycles. The van der Waals surface area contributed by atoms with Crippen molar-refractivity contribution in [3.8, 4) is 5.75 Å². The fourth-order valence-corrected chi connectivity index (χ4v) is 3.06. The van der Waals surface area contributed by atoms with E-state index < -0.39 is 0 Å².